The first-order valence-corrected chi connectivity index (χ1v) is 10.7. The number of aromatic nitrogens is 4. The Hall–Kier alpha value is -3.21. The van der Waals surface area contributed by atoms with Gasteiger partial charge >= 0.3 is 0 Å². The number of hydrogen-bond acceptors (Lipinski definition) is 9. The number of nitrogens with zero attached hydrogens (tertiary/aromatic N) is 5. The van der Waals surface area contributed by atoms with Crippen LogP contribution in [0.1, 0.15) is 13.8 Å². The van der Waals surface area contributed by atoms with Gasteiger partial charge in [0, 0.05) is 50.1 Å². The molecule has 2 aromatic heterocycles. The van der Waals surface area contributed by atoms with Crippen LogP contribution in [0.2, 0.25) is 0 Å². The number of nitrogens with one attached hydrogen (secondary N) is 1. The fourth-order valence-electron chi connectivity index (χ4n) is 3.15. The first-order valence-electron chi connectivity index (χ1n) is 9.88. The van der Waals surface area contributed by atoms with E-state index in [1.807, 2.05) is 49.5 Å². The van der Waals surface area contributed by atoms with Crippen molar-refractivity contribution in [3.8, 4) is 11.5 Å². The number of hydrogen-bond donors (Lipinski definition) is 2. The Labute approximate surface area is 184 Å². The zero-order valence-electron chi connectivity index (χ0n) is 17.9. The van der Waals surface area contributed by atoms with Crippen LogP contribution in [0, 0.1) is 5.92 Å². The molecule has 0 aliphatic carbocycles. The lowest BCUT2D eigenvalue weighted by molar-refractivity contribution is -0.124. The maximum Gasteiger partial charge on any atom is 0.231 e. The average molecular weight is 444 g/mol. The van der Waals surface area contributed by atoms with Gasteiger partial charge in [0.15, 0.2) is 33.6 Å². The SMILES string of the molecule is CC(C)C(=O)NCCn1c(Sc2cc3c(cc2N(C)C)OCO3)nc2c(N)ncnc21. The van der Waals surface area contributed by atoms with Crippen molar-refractivity contribution in [3.05, 3.63) is 18.5 Å². The van der Waals surface area contributed by atoms with Crippen molar-refractivity contribution in [2.45, 2.75) is 30.4 Å². The van der Waals surface area contributed by atoms with Crippen LogP contribution in [0.5, 0.6) is 11.5 Å². The van der Waals surface area contributed by atoms with Crippen molar-refractivity contribution >= 4 is 40.3 Å². The van der Waals surface area contributed by atoms with E-state index in [1.165, 1.54) is 18.1 Å². The number of carbonyl (C=O) groups is 1. The zero-order chi connectivity index (χ0) is 22.1. The molecule has 31 heavy (non-hydrogen) atoms. The Morgan fingerprint density at radius 3 is 2.74 bits per heavy atom. The molecular formula is C20H25N7O3S. The van der Waals surface area contributed by atoms with Gasteiger partial charge < -0.3 is 30.0 Å². The molecule has 0 saturated carbocycles. The second-order valence-corrected chi connectivity index (χ2v) is 8.60. The normalized spacial score (nSPS) is 12.5. The predicted molar refractivity (Wildman–Crippen MR) is 119 cm³/mol. The van der Waals surface area contributed by atoms with Crippen LogP contribution in [0.25, 0.3) is 11.2 Å². The summed E-state index contributed by atoms with van der Waals surface area (Å²) in [6.07, 6.45) is 1.42. The van der Waals surface area contributed by atoms with E-state index in [0.29, 0.717) is 46.7 Å². The number of imidazole rings is 1. The molecule has 1 aliphatic heterocycles. The van der Waals surface area contributed by atoms with Gasteiger partial charge in [0.25, 0.3) is 0 Å². The van der Waals surface area contributed by atoms with Gasteiger partial charge in [0.1, 0.15) is 6.33 Å². The number of nitrogens with two attached hydrogens (primary N) is 1. The highest BCUT2D eigenvalue weighted by Crippen LogP contribution is 2.44. The van der Waals surface area contributed by atoms with E-state index >= 15 is 0 Å². The second kappa shape index (κ2) is 8.50. The summed E-state index contributed by atoms with van der Waals surface area (Å²) in [5.41, 5.74) is 8.18. The van der Waals surface area contributed by atoms with Crippen molar-refractivity contribution < 1.29 is 14.3 Å². The van der Waals surface area contributed by atoms with Gasteiger partial charge in [0.05, 0.1) is 5.69 Å². The van der Waals surface area contributed by atoms with E-state index in [0.717, 1.165) is 10.6 Å². The maximum absolute atomic E-state index is 12.0. The molecule has 0 saturated heterocycles. The third kappa shape index (κ3) is 4.18. The number of amides is 1. The van der Waals surface area contributed by atoms with E-state index < -0.39 is 0 Å². The molecule has 11 heteroatoms. The van der Waals surface area contributed by atoms with Crippen LogP contribution in [-0.2, 0) is 11.3 Å². The molecule has 3 aromatic rings. The number of ether oxygens (including phenoxy) is 2. The zero-order valence-corrected chi connectivity index (χ0v) is 18.7. The molecule has 1 amide bonds. The van der Waals surface area contributed by atoms with Crippen molar-refractivity contribution in [2.24, 2.45) is 5.92 Å². The van der Waals surface area contributed by atoms with Gasteiger partial charge in [0.2, 0.25) is 12.7 Å². The average Bonchev–Trinajstić information content (AvgIpc) is 3.32. The summed E-state index contributed by atoms with van der Waals surface area (Å²) in [5.74, 6) is 1.64. The second-order valence-electron chi connectivity index (χ2n) is 7.59. The Bertz CT molecular complexity index is 1130. The van der Waals surface area contributed by atoms with Crippen LogP contribution >= 0.6 is 11.8 Å². The summed E-state index contributed by atoms with van der Waals surface area (Å²) in [6.45, 7) is 4.87. The van der Waals surface area contributed by atoms with Crippen LogP contribution < -0.4 is 25.4 Å². The first-order chi connectivity index (χ1) is 14.8. The molecule has 1 aliphatic rings. The Balaban J connectivity index is 1.71. The lowest BCUT2D eigenvalue weighted by atomic mass is 10.2. The van der Waals surface area contributed by atoms with Gasteiger partial charge in [-0.2, -0.15) is 0 Å². The van der Waals surface area contributed by atoms with E-state index in [4.69, 9.17) is 20.2 Å². The van der Waals surface area contributed by atoms with E-state index in [9.17, 15) is 4.79 Å². The van der Waals surface area contributed by atoms with Crippen molar-refractivity contribution in [1.82, 2.24) is 24.8 Å². The van der Waals surface area contributed by atoms with Crippen molar-refractivity contribution in [3.63, 3.8) is 0 Å². The molecule has 0 fully saturated rings. The molecule has 0 bridgehead atoms. The quantitative estimate of drug-likeness (QED) is 0.566. The minimum atomic E-state index is -0.0809. The molecule has 164 valence electrons. The number of carbonyl (C=O) groups excluding carboxylic acids is 1. The van der Waals surface area contributed by atoms with Gasteiger partial charge in [-0.05, 0) is 11.8 Å². The molecule has 3 heterocycles. The summed E-state index contributed by atoms with van der Waals surface area (Å²) < 4.78 is 13.0. The fourth-order valence-corrected chi connectivity index (χ4v) is 4.28. The number of rotatable bonds is 7. The molecule has 0 atom stereocenters. The lowest BCUT2D eigenvalue weighted by Crippen LogP contribution is -2.30. The Kier molecular flexibility index (Phi) is 5.77. The third-order valence-corrected chi connectivity index (χ3v) is 5.86. The first kappa shape index (κ1) is 21.0. The van der Waals surface area contributed by atoms with E-state index in [1.54, 1.807) is 0 Å². The fraction of sp³-hybridized carbons (Fsp3) is 0.400. The largest absolute Gasteiger partial charge is 0.454 e. The minimum absolute atomic E-state index is 0.00145. The van der Waals surface area contributed by atoms with Crippen LogP contribution in [0.4, 0.5) is 11.5 Å². The number of benzene rings is 1. The van der Waals surface area contributed by atoms with Gasteiger partial charge in [-0.15, -0.1) is 0 Å². The van der Waals surface area contributed by atoms with Crippen LogP contribution in [0.15, 0.2) is 28.5 Å². The van der Waals surface area contributed by atoms with Crippen LogP contribution in [-0.4, -0.2) is 52.9 Å². The standard InChI is InChI=1S/C20H25N7O3S/c1-11(2)19(28)22-5-6-27-18-16(17(21)23-9-24-18)25-20(27)31-15-8-14-13(29-10-30-14)7-12(15)26(3)4/h7-9,11H,5-6,10H2,1-4H3,(H,22,28)(H2,21,23,24). The highest BCUT2D eigenvalue weighted by molar-refractivity contribution is 7.99. The van der Waals surface area contributed by atoms with Gasteiger partial charge in [-0.25, -0.2) is 15.0 Å². The van der Waals surface area contributed by atoms with Crippen molar-refractivity contribution in [2.75, 3.05) is 38.1 Å². The summed E-state index contributed by atoms with van der Waals surface area (Å²) in [7, 11) is 3.94. The molecule has 0 spiro atoms. The summed E-state index contributed by atoms with van der Waals surface area (Å²) in [5, 5.41) is 3.64. The highest BCUT2D eigenvalue weighted by atomic mass is 32.2. The summed E-state index contributed by atoms with van der Waals surface area (Å²) >= 11 is 1.47. The van der Waals surface area contributed by atoms with Crippen molar-refractivity contribution in [1.29, 1.82) is 0 Å². The summed E-state index contributed by atoms with van der Waals surface area (Å²) in [6, 6.07) is 3.90. The predicted octanol–water partition coefficient (Wildman–Crippen LogP) is 2.13. The lowest BCUT2D eigenvalue weighted by Gasteiger charge is -2.18. The molecule has 3 N–H and O–H groups in total. The number of fused-ring (bicyclic) bond motifs is 2. The van der Waals surface area contributed by atoms with E-state index in [2.05, 4.69) is 15.3 Å². The topological polar surface area (TPSA) is 120 Å². The monoisotopic (exact) mass is 443 g/mol. The molecule has 0 radical (unpaired) electrons. The molecular weight excluding hydrogens is 418 g/mol. The Morgan fingerprint density at radius 1 is 1.29 bits per heavy atom. The number of anilines is 2. The van der Waals surface area contributed by atoms with E-state index in [-0.39, 0.29) is 18.6 Å². The highest BCUT2D eigenvalue weighted by Gasteiger charge is 2.22. The molecule has 10 nitrogen and oxygen atoms in total. The minimum Gasteiger partial charge on any atom is -0.454 e. The van der Waals surface area contributed by atoms with Gasteiger partial charge in [-0.1, -0.05) is 13.8 Å². The summed E-state index contributed by atoms with van der Waals surface area (Å²) in [4.78, 5) is 28.1. The maximum atomic E-state index is 12.0. The number of nitrogen functional groups attached to an aromatic ring is 1. The van der Waals surface area contributed by atoms with Crippen LogP contribution in [0.3, 0.4) is 0 Å². The molecule has 4 rings (SSSR count). The molecule has 0 unspecified atom stereocenters. The smallest absolute Gasteiger partial charge is 0.231 e. The third-order valence-electron chi connectivity index (χ3n) is 4.82. The van der Waals surface area contributed by atoms with Gasteiger partial charge in [-0.3, -0.25) is 4.79 Å². The Morgan fingerprint density at radius 2 is 2.03 bits per heavy atom. The molecule has 1 aromatic carbocycles.